The van der Waals surface area contributed by atoms with Crippen LogP contribution in [-0.4, -0.2) is 47.9 Å². The smallest absolute Gasteiger partial charge is 0.254 e. The van der Waals surface area contributed by atoms with Gasteiger partial charge in [0.1, 0.15) is 24.7 Å². The minimum absolute atomic E-state index is 0.0511. The van der Waals surface area contributed by atoms with E-state index in [1.54, 1.807) is 17.4 Å². The average molecular weight is 467 g/mol. The molecule has 0 aliphatic carbocycles. The van der Waals surface area contributed by atoms with Crippen molar-refractivity contribution >= 4 is 23.2 Å². The minimum Gasteiger partial charge on any atom is -0.491 e. The first-order chi connectivity index (χ1) is 16.1. The van der Waals surface area contributed by atoms with Crippen molar-refractivity contribution in [3.05, 3.63) is 87.9 Å². The predicted octanol–water partition coefficient (Wildman–Crippen LogP) is 4.94. The van der Waals surface area contributed by atoms with E-state index in [4.69, 9.17) is 4.74 Å². The summed E-state index contributed by atoms with van der Waals surface area (Å²) in [7, 11) is 0. The third-order valence-electron chi connectivity index (χ3n) is 5.74. The number of thiophene rings is 1. The molecular formula is C26H27FN2O3S. The zero-order valence-electron chi connectivity index (χ0n) is 18.6. The lowest BCUT2D eigenvalue weighted by atomic mass is 10.0. The molecule has 33 heavy (non-hydrogen) atoms. The molecule has 1 aliphatic heterocycles. The van der Waals surface area contributed by atoms with Crippen molar-refractivity contribution in [2.75, 3.05) is 26.2 Å². The first-order valence-electron chi connectivity index (χ1n) is 11.1. The molecule has 0 unspecified atom stereocenters. The number of benzene rings is 2. The molecule has 2 aromatic carbocycles. The van der Waals surface area contributed by atoms with Crippen LogP contribution in [0.5, 0.6) is 5.75 Å². The van der Waals surface area contributed by atoms with Crippen LogP contribution in [0, 0.1) is 5.82 Å². The van der Waals surface area contributed by atoms with Crippen LogP contribution in [0.15, 0.2) is 66.0 Å². The Labute approximate surface area is 197 Å². The number of amides is 2. The highest BCUT2D eigenvalue weighted by atomic mass is 32.1. The topological polar surface area (TPSA) is 49.9 Å². The first kappa shape index (κ1) is 23.0. The van der Waals surface area contributed by atoms with Gasteiger partial charge in [-0.05, 0) is 60.2 Å². The van der Waals surface area contributed by atoms with Crippen LogP contribution in [0.1, 0.15) is 40.2 Å². The number of ether oxygens (including phenoxy) is 1. The maximum absolute atomic E-state index is 13.7. The molecule has 2 heterocycles. The molecule has 0 N–H and O–H groups in total. The quantitative estimate of drug-likeness (QED) is 0.472. The van der Waals surface area contributed by atoms with Crippen LogP contribution in [0.4, 0.5) is 4.39 Å². The molecule has 172 valence electrons. The monoisotopic (exact) mass is 466 g/mol. The minimum atomic E-state index is -0.470. The molecule has 0 spiro atoms. The number of halogens is 1. The lowest BCUT2D eigenvalue weighted by Crippen LogP contribution is -2.48. The highest BCUT2D eigenvalue weighted by Gasteiger charge is 2.33. The second kappa shape index (κ2) is 10.6. The van der Waals surface area contributed by atoms with Crippen molar-refractivity contribution in [2.24, 2.45) is 0 Å². The fourth-order valence-electron chi connectivity index (χ4n) is 4.15. The Kier molecular flexibility index (Phi) is 7.40. The summed E-state index contributed by atoms with van der Waals surface area (Å²) in [5.74, 6) is -0.189. The number of rotatable bonds is 8. The summed E-state index contributed by atoms with van der Waals surface area (Å²) in [6.07, 6.45) is 1.48. The number of carbonyl (C=O) groups is 2. The van der Waals surface area contributed by atoms with Crippen molar-refractivity contribution in [3.63, 3.8) is 0 Å². The van der Waals surface area contributed by atoms with Crippen LogP contribution < -0.4 is 4.74 Å². The predicted molar refractivity (Wildman–Crippen MR) is 127 cm³/mol. The standard InChI is InChI=1S/C26H27FN2O3S/c1-2-13-28(26(31)19-7-6-8-20(27)16-19)17-25(30)29-14-11-24-22(12-15-33-24)23(29)18-32-21-9-4-3-5-10-21/h3-10,12,15-16,23H,2,11,13-14,17-18H2,1H3/t23-/m1/s1. The largest absolute Gasteiger partial charge is 0.491 e. The molecule has 0 bridgehead atoms. The van der Waals surface area contributed by atoms with E-state index in [9.17, 15) is 14.0 Å². The fourth-order valence-corrected chi connectivity index (χ4v) is 5.08. The Bertz CT molecular complexity index is 1100. The molecule has 1 aliphatic rings. The second-order valence-electron chi connectivity index (χ2n) is 8.01. The summed E-state index contributed by atoms with van der Waals surface area (Å²) < 4.78 is 19.7. The number of nitrogens with zero attached hydrogens (tertiary/aromatic N) is 2. The molecular weight excluding hydrogens is 439 g/mol. The van der Waals surface area contributed by atoms with Gasteiger partial charge in [-0.15, -0.1) is 11.3 Å². The summed E-state index contributed by atoms with van der Waals surface area (Å²) in [6.45, 7) is 3.23. The molecule has 0 saturated heterocycles. The molecule has 5 nitrogen and oxygen atoms in total. The number of carbonyl (C=O) groups excluding carboxylic acids is 2. The van der Waals surface area contributed by atoms with Gasteiger partial charge in [0.05, 0.1) is 6.04 Å². The number of fused-ring (bicyclic) bond motifs is 1. The highest BCUT2D eigenvalue weighted by Crippen LogP contribution is 2.34. The SMILES string of the molecule is CCCN(CC(=O)N1CCc2sccc2[C@H]1COc1ccccc1)C(=O)c1cccc(F)c1. The molecule has 7 heteroatoms. The van der Waals surface area contributed by atoms with Gasteiger partial charge in [0.2, 0.25) is 5.91 Å². The third kappa shape index (κ3) is 5.42. The van der Waals surface area contributed by atoms with Crippen LogP contribution in [0.3, 0.4) is 0 Å². The van der Waals surface area contributed by atoms with Crippen LogP contribution in [0.2, 0.25) is 0 Å². The van der Waals surface area contributed by atoms with Crippen molar-refractivity contribution in [1.29, 1.82) is 0 Å². The van der Waals surface area contributed by atoms with Gasteiger partial charge in [-0.3, -0.25) is 9.59 Å². The van der Waals surface area contributed by atoms with E-state index in [0.29, 0.717) is 26.1 Å². The van der Waals surface area contributed by atoms with Crippen LogP contribution >= 0.6 is 11.3 Å². The van der Waals surface area contributed by atoms with E-state index in [1.165, 1.54) is 28.0 Å². The van der Waals surface area contributed by atoms with Crippen molar-refractivity contribution in [1.82, 2.24) is 9.80 Å². The van der Waals surface area contributed by atoms with Gasteiger partial charge in [-0.1, -0.05) is 31.2 Å². The lowest BCUT2D eigenvalue weighted by molar-refractivity contribution is -0.135. The first-order valence-corrected chi connectivity index (χ1v) is 12.0. The van der Waals surface area contributed by atoms with Gasteiger partial charge in [0.25, 0.3) is 5.91 Å². The van der Waals surface area contributed by atoms with Gasteiger partial charge >= 0.3 is 0 Å². The number of para-hydroxylation sites is 1. The number of hydrogen-bond acceptors (Lipinski definition) is 4. The Morgan fingerprint density at radius 2 is 1.97 bits per heavy atom. The normalized spacial score (nSPS) is 15.1. The highest BCUT2D eigenvalue weighted by molar-refractivity contribution is 7.10. The van der Waals surface area contributed by atoms with E-state index in [2.05, 4.69) is 6.07 Å². The van der Waals surface area contributed by atoms with Crippen molar-refractivity contribution in [3.8, 4) is 5.75 Å². The van der Waals surface area contributed by atoms with E-state index >= 15 is 0 Å². The maximum Gasteiger partial charge on any atom is 0.254 e. The second-order valence-corrected chi connectivity index (χ2v) is 9.01. The maximum atomic E-state index is 13.7. The lowest BCUT2D eigenvalue weighted by Gasteiger charge is -2.37. The fraction of sp³-hybridized carbons (Fsp3) is 0.308. The van der Waals surface area contributed by atoms with Crippen molar-refractivity contribution in [2.45, 2.75) is 25.8 Å². The molecule has 0 fully saturated rings. The Morgan fingerprint density at radius 3 is 2.73 bits per heavy atom. The van der Waals surface area contributed by atoms with Gasteiger partial charge in [0.15, 0.2) is 0 Å². The van der Waals surface area contributed by atoms with E-state index in [1.807, 2.05) is 47.5 Å². The molecule has 3 aromatic rings. The Hall–Kier alpha value is -3.19. The Morgan fingerprint density at radius 1 is 1.15 bits per heavy atom. The zero-order chi connectivity index (χ0) is 23.2. The summed E-state index contributed by atoms with van der Waals surface area (Å²) in [4.78, 5) is 31.1. The molecule has 1 atom stereocenters. The third-order valence-corrected chi connectivity index (χ3v) is 6.74. The Balaban J connectivity index is 1.52. The molecule has 2 amide bonds. The molecule has 0 radical (unpaired) electrons. The van der Waals surface area contributed by atoms with Gasteiger partial charge in [-0.2, -0.15) is 0 Å². The molecule has 0 saturated carbocycles. The molecule has 1 aromatic heterocycles. The number of hydrogen-bond donors (Lipinski definition) is 0. The average Bonchev–Trinajstić information content (AvgIpc) is 3.31. The summed E-state index contributed by atoms with van der Waals surface area (Å²) in [5, 5.41) is 2.05. The summed E-state index contributed by atoms with van der Waals surface area (Å²) in [5.41, 5.74) is 1.35. The summed E-state index contributed by atoms with van der Waals surface area (Å²) in [6, 6.07) is 17.0. The van der Waals surface area contributed by atoms with E-state index < -0.39 is 5.82 Å². The van der Waals surface area contributed by atoms with Gasteiger partial charge < -0.3 is 14.5 Å². The van der Waals surface area contributed by atoms with Crippen molar-refractivity contribution < 1.29 is 18.7 Å². The van der Waals surface area contributed by atoms with Gasteiger partial charge in [-0.25, -0.2) is 4.39 Å². The van der Waals surface area contributed by atoms with Gasteiger partial charge in [0, 0.05) is 23.5 Å². The zero-order valence-corrected chi connectivity index (χ0v) is 19.4. The molecule has 4 rings (SSSR count). The summed E-state index contributed by atoms with van der Waals surface area (Å²) >= 11 is 1.70. The van der Waals surface area contributed by atoms with E-state index in [0.717, 1.165) is 17.7 Å². The van der Waals surface area contributed by atoms with Crippen LogP contribution in [-0.2, 0) is 11.2 Å². The van der Waals surface area contributed by atoms with E-state index in [-0.39, 0.29) is 30.0 Å². The van der Waals surface area contributed by atoms with Crippen LogP contribution in [0.25, 0.3) is 0 Å².